The van der Waals surface area contributed by atoms with Gasteiger partial charge >= 0.3 is 0 Å². The second-order valence-corrected chi connectivity index (χ2v) is 6.20. The van der Waals surface area contributed by atoms with Crippen LogP contribution in [0.5, 0.6) is 0 Å². The van der Waals surface area contributed by atoms with Crippen molar-refractivity contribution in [3.63, 3.8) is 0 Å². The highest BCUT2D eigenvalue weighted by molar-refractivity contribution is 7.12. The maximum Gasteiger partial charge on any atom is 0.0967 e. The number of hydrogen-bond acceptors (Lipinski definition) is 3. The summed E-state index contributed by atoms with van der Waals surface area (Å²) in [6.07, 6.45) is 9.43. The fourth-order valence-electron chi connectivity index (χ4n) is 2.49. The van der Waals surface area contributed by atoms with Gasteiger partial charge in [-0.25, -0.2) is 4.98 Å². The van der Waals surface area contributed by atoms with Crippen molar-refractivity contribution in [3.05, 3.63) is 21.7 Å². The van der Waals surface area contributed by atoms with Gasteiger partial charge in [-0.05, 0) is 45.9 Å². The summed E-state index contributed by atoms with van der Waals surface area (Å²) < 4.78 is 0. The van der Waals surface area contributed by atoms with Crippen LogP contribution in [0, 0.1) is 0 Å². The van der Waals surface area contributed by atoms with E-state index in [0.29, 0.717) is 0 Å². The molecule has 3 rings (SSSR count). The first-order valence-corrected chi connectivity index (χ1v) is 6.88. The molecule has 0 N–H and O–H groups in total. The summed E-state index contributed by atoms with van der Waals surface area (Å²) >= 11 is 1.95. The third-order valence-corrected chi connectivity index (χ3v) is 5.04. The van der Waals surface area contributed by atoms with Crippen molar-refractivity contribution in [2.75, 3.05) is 14.1 Å². The fraction of sp³-hybridized carbons (Fsp3) is 0.615. The lowest BCUT2D eigenvalue weighted by Gasteiger charge is -2.38. The van der Waals surface area contributed by atoms with Gasteiger partial charge in [-0.15, -0.1) is 11.3 Å². The molecule has 0 saturated heterocycles. The molecule has 1 aromatic rings. The first-order chi connectivity index (χ1) is 7.74. The minimum Gasteiger partial charge on any atom is -0.306 e. The standard InChI is InChI=1S/C13H18N2S/c1-15(2)10-7-9(8-10)13-14-11-5-3-4-6-12(11)16-13/h3,5,9-10H,4,6-8H2,1-2H3. The Morgan fingerprint density at radius 3 is 2.88 bits per heavy atom. The molecule has 0 aromatic carbocycles. The van der Waals surface area contributed by atoms with E-state index in [4.69, 9.17) is 4.98 Å². The number of rotatable bonds is 2. The van der Waals surface area contributed by atoms with Gasteiger partial charge in [0, 0.05) is 16.8 Å². The summed E-state index contributed by atoms with van der Waals surface area (Å²) in [7, 11) is 4.35. The van der Waals surface area contributed by atoms with Gasteiger partial charge in [0.2, 0.25) is 0 Å². The zero-order valence-electron chi connectivity index (χ0n) is 9.94. The number of aryl methyl sites for hydroxylation is 1. The molecule has 0 radical (unpaired) electrons. The van der Waals surface area contributed by atoms with Crippen molar-refractivity contribution in [2.24, 2.45) is 0 Å². The van der Waals surface area contributed by atoms with Gasteiger partial charge in [0.15, 0.2) is 0 Å². The molecule has 16 heavy (non-hydrogen) atoms. The fourth-order valence-corrected chi connectivity index (χ4v) is 3.68. The van der Waals surface area contributed by atoms with E-state index >= 15 is 0 Å². The molecule has 1 aromatic heterocycles. The average molecular weight is 234 g/mol. The second kappa shape index (κ2) is 3.97. The lowest BCUT2D eigenvalue weighted by molar-refractivity contribution is 0.166. The minimum absolute atomic E-state index is 0.733. The van der Waals surface area contributed by atoms with Crippen LogP contribution in [0.15, 0.2) is 6.08 Å². The monoisotopic (exact) mass is 234 g/mol. The molecular weight excluding hydrogens is 216 g/mol. The zero-order chi connectivity index (χ0) is 11.1. The molecule has 1 heterocycles. The van der Waals surface area contributed by atoms with E-state index in [0.717, 1.165) is 12.0 Å². The molecule has 0 atom stereocenters. The molecule has 2 nitrogen and oxygen atoms in total. The Hall–Kier alpha value is -0.670. The zero-order valence-corrected chi connectivity index (χ0v) is 10.8. The predicted molar refractivity (Wildman–Crippen MR) is 68.9 cm³/mol. The Bertz CT molecular complexity index is 414. The summed E-state index contributed by atoms with van der Waals surface area (Å²) in [4.78, 5) is 8.62. The Kier molecular flexibility index (Phi) is 2.60. The van der Waals surface area contributed by atoms with Crippen LogP contribution < -0.4 is 0 Å². The normalized spacial score (nSPS) is 27.9. The van der Waals surface area contributed by atoms with E-state index in [1.54, 1.807) is 0 Å². The third-order valence-electron chi connectivity index (χ3n) is 3.75. The van der Waals surface area contributed by atoms with Crippen molar-refractivity contribution < 1.29 is 0 Å². The number of aromatic nitrogens is 1. The average Bonchev–Trinajstić information content (AvgIpc) is 2.57. The highest BCUT2D eigenvalue weighted by Gasteiger charge is 2.34. The number of thiazole rings is 1. The lowest BCUT2D eigenvalue weighted by Crippen LogP contribution is -2.39. The first-order valence-electron chi connectivity index (χ1n) is 6.06. The van der Waals surface area contributed by atoms with Gasteiger partial charge in [0.25, 0.3) is 0 Å². The van der Waals surface area contributed by atoms with Crippen molar-refractivity contribution >= 4 is 17.4 Å². The Morgan fingerprint density at radius 2 is 2.19 bits per heavy atom. The van der Waals surface area contributed by atoms with Crippen molar-refractivity contribution in [2.45, 2.75) is 37.6 Å². The van der Waals surface area contributed by atoms with Crippen LogP contribution in [0.4, 0.5) is 0 Å². The largest absolute Gasteiger partial charge is 0.306 e. The summed E-state index contributed by atoms with van der Waals surface area (Å²) in [6.45, 7) is 0. The van der Waals surface area contributed by atoms with E-state index in [-0.39, 0.29) is 0 Å². The molecule has 2 aliphatic carbocycles. The maximum atomic E-state index is 4.78. The lowest BCUT2D eigenvalue weighted by atomic mass is 9.80. The van der Waals surface area contributed by atoms with Gasteiger partial charge < -0.3 is 4.90 Å². The van der Waals surface area contributed by atoms with Gasteiger partial charge in [0.1, 0.15) is 0 Å². The van der Waals surface area contributed by atoms with Gasteiger partial charge in [-0.2, -0.15) is 0 Å². The highest BCUT2D eigenvalue weighted by atomic mass is 32.1. The quantitative estimate of drug-likeness (QED) is 0.782. The van der Waals surface area contributed by atoms with Crippen LogP contribution in [0.25, 0.3) is 6.08 Å². The second-order valence-electron chi connectivity index (χ2n) is 5.09. The van der Waals surface area contributed by atoms with Crippen molar-refractivity contribution in [3.8, 4) is 0 Å². The number of fused-ring (bicyclic) bond motifs is 1. The molecule has 1 fully saturated rings. The molecule has 0 unspecified atom stereocenters. The minimum atomic E-state index is 0.733. The van der Waals surface area contributed by atoms with Crippen molar-refractivity contribution in [1.82, 2.24) is 9.88 Å². The molecule has 0 bridgehead atoms. The summed E-state index contributed by atoms with van der Waals surface area (Å²) in [5, 5.41) is 1.38. The highest BCUT2D eigenvalue weighted by Crippen LogP contribution is 2.42. The first kappa shape index (κ1) is 10.5. The van der Waals surface area contributed by atoms with Crippen LogP contribution in [0.3, 0.4) is 0 Å². The Morgan fingerprint density at radius 1 is 1.38 bits per heavy atom. The maximum absolute atomic E-state index is 4.78. The summed E-state index contributed by atoms with van der Waals surface area (Å²) in [6, 6.07) is 0.779. The number of nitrogens with zero attached hydrogens (tertiary/aromatic N) is 2. The molecule has 1 saturated carbocycles. The third kappa shape index (κ3) is 1.72. The molecule has 0 aliphatic heterocycles. The van der Waals surface area contributed by atoms with Crippen LogP contribution in [0.1, 0.15) is 40.8 Å². The summed E-state index contributed by atoms with van der Waals surface area (Å²) in [5.41, 5.74) is 1.25. The van der Waals surface area contributed by atoms with E-state index < -0.39 is 0 Å². The van der Waals surface area contributed by atoms with Crippen LogP contribution in [-0.4, -0.2) is 30.0 Å². The van der Waals surface area contributed by atoms with E-state index in [9.17, 15) is 0 Å². The van der Waals surface area contributed by atoms with Gasteiger partial charge in [-0.3, -0.25) is 0 Å². The van der Waals surface area contributed by atoms with Crippen LogP contribution in [0.2, 0.25) is 0 Å². The number of allylic oxidation sites excluding steroid dienone is 1. The SMILES string of the molecule is CN(C)C1CC(c2nc3c(s2)CCC=C3)C1. The number of hydrogen-bond donors (Lipinski definition) is 0. The Labute approximate surface area is 101 Å². The molecule has 86 valence electrons. The van der Waals surface area contributed by atoms with Crippen molar-refractivity contribution in [1.29, 1.82) is 0 Å². The Balaban J connectivity index is 1.73. The molecule has 0 amide bonds. The van der Waals surface area contributed by atoms with E-state index in [2.05, 4.69) is 31.1 Å². The molecule has 2 aliphatic rings. The molecule has 3 heteroatoms. The van der Waals surface area contributed by atoms with E-state index in [1.165, 1.54) is 41.3 Å². The summed E-state index contributed by atoms with van der Waals surface area (Å²) in [5.74, 6) is 0.733. The van der Waals surface area contributed by atoms with Gasteiger partial charge in [-0.1, -0.05) is 6.08 Å². The molecule has 0 spiro atoms. The van der Waals surface area contributed by atoms with Gasteiger partial charge in [0.05, 0.1) is 10.7 Å². The van der Waals surface area contributed by atoms with Crippen LogP contribution in [-0.2, 0) is 6.42 Å². The molecular formula is C13H18N2S. The predicted octanol–water partition coefficient (Wildman–Crippen LogP) is 2.91. The van der Waals surface area contributed by atoms with Crippen LogP contribution >= 0.6 is 11.3 Å². The topological polar surface area (TPSA) is 16.1 Å². The van der Waals surface area contributed by atoms with E-state index in [1.807, 2.05) is 11.3 Å². The smallest absolute Gasteiger partial charge is 0.0967 e.